The average molecular weight is 296 g/mol. The number of nitrogens with one attached hydrogen (secondary N) is 2. The van der Waals surface area contributed by atoms with E-state index < -0.39 is 0 Å². The van der Waals surface area contributed by atoms with Gasteiger partial charge < -0.3 is 15.4 Å². The number of hydrogen-bond donors (Lipinski definition) is 2. The molecule has 2 aromatic rings. The van der Waals surface area contributed by atoms with Gasteiger partial charge in [0.1, 0.15) is 5.75 Å². The van der Waals surface area contributed by atoms with Crippen LogP contribution in [-0.2, 0) is 0 Å². The molecule has 3 rings (SSSR count). The predicted molar refractivity (Wildman–Crippen MR) is 88.7 cm³/mol. The van der Waals surface area contributed by atoms with E-state index in [0.717, 1.165) is 17.1 Å². The fraction of sp³-hybridized carbons (Fsp3) is 0.278. The van der Waals surface area contributed by atoms with Crippen molar-refractivity contribution in [1.29, 1.82) is 0 Å². The zero-order valence-corrected chi connectivity index (χ0v) is 12.6. The van der Waals surface area contributed by atoms with Gasteiger partial charge in [0.05, 0.1) is 6.61 Å². The summed E-state index contributed by atoms with van der Waals surface area (Å²) in [4.78, 5) is 12.1. The van der Waals surface area contributed by atoms with Gasteiger partial charge in [0.25, 0.3) is 0 Å². The Labute approximate surface area is 130 Å². The summed E-state index contributed by atoms with van der Waals surface area (Å²) in [5, 5.41) is 5.78. The van der Waals surface area contributed by atoms with Crippen LogP contribution in [0.4, 0.5) is 16.2 Å². The second-order valence-electron chi connectivity index (χ2n) is 5.40. The van der Waals surface area contributed by atoms with E-state index in [1.807, 2.05) is 49.4 Å². The van der Waals surface area contributed by atoms with Gasteiger partial charge in [-0.3, -0.25) is 0 Å². The lowest BCUT2D eigenvalue weighted by Crippen LogP contribution is -2.20. The van der Waals surface area contributed by atoms with Crippen LogP contribution < -0.4 is 15.4 Å². The normalized spacial score (nSPS) is 13.5. The molecule has 0 bridgehead atoms. The number of rotatable bonds is 5. The first-order valence-electron chi connectivity index (χ1n) is 7.66. The topological polar surface area (TPSA) is 50.4 Å². The zero-order chi connectivity index (χ0) is 15.4. The highest BCUT2D eigenvalue weighted by Crippen LogP contribution is 2.43. The molecule has 0 spiro atoms. The van der Waals surface area contributed by atoms with Gasteiger partial charge >= 0.3 is 6.03 Å². The second kappa shape index (κ2) is 6.52. The van der Waals surface area contributed by atoms with Crippen LogP contribution in [0.2, 0.25) is 0 Å². The number of urea groups is 1. The quantitative estimate of drug-likeness (QED) is 0.846. The van der Waals surface area contributed by atoms with Crippen LogP contribution >= 0.6 is 0 Å². The van der Waals surface area contributed by atoms with Crippen LogP contribution in [0.1, 0.15) is 31.2 Å². The highest BCUT2D eigenvalue weighted by molar-refractivity contribution is 6.00. The first kappa shape index (κ1) is 14.4. The number of benzene rings is 2. The minimum Gasteiger partial charge on any atom is -0.494 e. The molecule has 0 radical (unpaired) electrons. The van der Waals surface area contributed by atoms with E-state index in [4.69, 9.17) is 4.74 Å². The maximum atomic E-state index is 12.1. The summed E-state index contributed by atoms with van der Waals surface area (Å²) in [7, 11) is 0. The van der Waals surface area contributed by atoms with E-state index >= 15 is 0 Å². The van der Waals surface area contributed by atoms with Crippen molar-refractivity contribution in [3.8, 4) is 5.75 Å². The van der Waals surface area contributed by atoms with Crippen molar-refractivity contribution in [2.75, 3.05) is 17.2 Å². The van der Waals surface area contributed by atoms with E-state index in [1.54, 1.807) is 0 Å². The summed E-state index contributed by atoms with van der Waals surface area (Å²) in [6.45, 7) is 2.57. The van der Waals surface area contributed by atoms with Gasteiger partial charge in [-0.25, -0.2) is 4.79 Å². The molecule has 4 nitrogen and oxygen atoms in total. The van der Waals surface area contributed by atoms with Gasteiger partial charge in [0.2, 0.25) is 0 Å². The van der Waals surface area contributed by atoms with Crippen molar-refractivity contribution < 1.29 is 9.53 Å². The van der Waals surface area contributed by atoms with E-state index in [2.05, 4.69) is 16.7 Å². The van der Waals surface area contributed by atoms with Crippen molar-refractivity contribution in [3.63, 3.8) is 0 Å². The molecular weight excluding hydrogens is 276 g/mol. The number of ether oxygens (including phenoxy) is 1. The highest BCUT2D eigenvalue weighted by Gasteiger charge is 2.26. The van der Waals surface area contributed by atoms with E-state index in [9.17, 15) is 4.79 Å². The Bertz CT molecular complexity index is 648. The molecule has 2 aromatic carbocycles. The molecule has 1 aliphatic carbocycles. The van der Waals surface area contributed by atoms with Gasteiger partial charge in [-0.05, 0) is 61.6 Å². The Morgan fingerprint density at radius 1 is 1.09 bits per heavy atom. The largest absolute Gasteiger partial charge is 0.494 e. The molecule has 0 atom stereocenters. The predicted octanol–water partition coefficient (Wildman–Crippen LogP) is 4.61. The highest BCUT2D eigenvalue weighted by atomic mass is 16.5. The van der Waals surface area contributed by atoms with Crippen LogP contribution in [-0.4, -0.2) is 12.6 Å². The molecule has 0 aliphatic heterocycles. The maximum absolute atomic E-state index is 12.1. The van der Waals surface area contributed by atoms with E-state index in [0.29, 0.717) is 12.5 Å². The van der Waals surface area contributed by atoms with Crippen LogP contribution in [0.25, 0.3) is 0 Å². The third kappa shape index (κ3) is 3.58. The molecule has 22 heavy (non-hydrogen) atoms. The third-order valence-corrected chi connectivity index (χ3v) is 3.65. The number of amides is 2. The Morgan fingerprint density at radius 3 is 2.50 bits per heavy atom. The smallest absolute Gasteiger partial charge is 0.323 e. The number of carbonyl (C=O) groups excluding carboxylic acids is 1. The Kier molecular flexibility index (Phi) is 4.28. The molecule has 0 unspecified atom stereocenters. The summed E-state index contributed by atoms with van der Waals surface area (Å²) in [6, 6.07) is 15.1. The molecule has 1 aliphatic rings. The number of carbonyl (C=O) groups is 1. The van der Waals surface area contributed by atoms with Crippen molar-refractivity contribution in [2.45, 2.75) is 25.7 Å². The summed E-state index contributed by atoms with van der Waals surface area (Å²) in [6.07, 6.45) is 2.42. The molecular formula is C18H20N2O2. The number of anilines is 2. The summed E-state index contributed by atoms with van der Waals surface area (Å²) in [5.41, 5.74) is 2.86. The Morgan fingerprint density at radius 2 is 1.82 bits per heavy atom. The second-order valence-corrected chi connectivity index (χ2v) is 5.40. The van der Waals surface area contributed by atoms with Crippen molar-refractivity contribution in [3.05, 3.63) is 54.1 Å². The fourth-order valence-corrected chi connectivity index (χ4v) is 2.45. The zero-order valence-electron chi connectivity index (χ0n) is 12.6. The molecule has 2 N–H and O–H groups in total. The molecule has 0 saturated heterocycles. The molecule has 4 heteroatoms. The third-order valence-electron chi connectivity index (χ3n) is 3.65. The van der Waals surface area contributed by atoms with Crippen LogP contribution in [0.15, 0.2) is 48.5 Å². The van der Waals surface area contributed by atoms with Crippen molar-refractivity contribution in [2.24, 2.45) is 0 Å². The Hall–Kier alpha value is -2.49. The van der Waals surface area contributed by atoms with Gasteiger partial charge in [0, 0.05) is 11.4 Å². The summed E-state index contributed by atoms with van der Waals surface area (Å²) in [5.74, 6) is 1.40. The minimum absolute atomic E-state index is 0.225. The maximum Gasteiger partial charge on any atom is 0.323 e. The van der Waals surface area contributed by atoms with E-state index in [1.165, 1.54) is 18.4 Å². The van der Waals surface area contributed by atoms with Crippen molar-refractivity contribution in [1.82, 2.24) is 0 Å². The van der Waals surface area contributed by atoms with Gasteiger partial charge in [-0.1, -0.05) is 18.2 Å². The first-order chi connectivity index (χ1) is 10.8. The molecule has 2 amide bonds. The van der Waals surface area contributed by atoms with Gasteiger partial charge in [-0.2, -0.15) is 0 Å². The number of hydrogen-bond acceptors (Lipinski definition) is 2. The SMILES string of the molecule is CCOc1ccc(NC(=O)Nc2ccccc2C2CC2)cc1. The Balaban J connectivity index is 1.62. The van der Waals surface area contributed by atoms with Crippen molar-refractivity contribution >= 4 is 17.4 Å². The average Bonchev–Trinajstić information content (AvgIpc) is 3.35. The minimum atomic E-state index is -0.225. The molecule has 1 fully saturated rings. The lowest BCUT2D eigenvalue weighted by Gasteiger charge is -2.12. The molecule has 114 valence electrons. The standard InChI is InChI=1S/C18H20N2O2/c1-2-22-15-11-9-14(10-12-15)19-18(21)20-17-6-4-3-5-16(17)13-7-8-13/h3-6,9-13H,2,7-8H2,1H3,(H2,19,20,21). The number of para-hydroxylation sites is 1. The fourth-order valence-electron chi connectivity index (χ4n) is 2.45. The molecule has 0 heterocycles. The van der Waals surface area contributed by atoms with Gasteiger partial charge in [-0.15, -0.1) is 0 Å². The molecule has 0 aromatic heterocycles. The van der Waals surface area contributed by atoms with Gasteiger partial charge in [0.15, 0.2) is 0 Å². The first-order valence-corrected chi connectivity index (χ1v) is 7.66. The summed E-state index contributed by atoms with van der Waals surface area (Å²) < 4.78 is 5.38. The molecule has 1 saturated carbocycles. The summed E-state index contributed by atoms with van der Waals surface area (Å²) >= 11 is 0. The lowest BCUT2D eigenvalue weighted by molar-refractivity contribution is 0.262. The van der Waals surface area contributed by atoms with Crippen LogP contribution in [0.5, 0.6) is 5.75 Å². The lowest BCUT2D eigenvalue weighted by atomic mass is 10.1. The monoisotopic (exact) mass is 296 g/mol. The van der Waals surface area contributed by atoms with E-state index in [-0.39, 0.29) is 6.03 Å². The van der Waals surface area contributed by atoms with Crippen LogP contribution in [0, 0.1) is 0 Å². The van der Waals surface area contributed by atoms with Crippen LogP contribution in [0.3, 0.4) is 0 Å².